The third kappa shape index (κ3) is 1.85. The number of urea groups is 1. The van der Waals surface area contributed by atoms with Gasteiger partial charge in [0.15, 0.2) is 0 Å². The summed E-state index contributed by atoms with van der Waals surface area (Å²) in [5.41, 5.74) is 0.934. The zero-order valence-corrected chi connectivity index (χ0v) is 10.3. The fourth-order valence-corrected chi connectivity index (χ4v) is 2.17. The Hall–Kier alpha value is -1.33. The van der Waals surface area contributed by atoms with Crippen LogP contribution in [-0.4, -0.2) is 46.2 Å². The lowest BCUT2D eigenvalue weighted by molar-refractivity contribution is -0.136. The number of hydrogen-bond donors (Lipinski definition) is 1. The van der Waals surface area contributed by atoms with Crippen molar-refractivity contribution in [1.82, 2.24) is 9.80 Å². The van der Waals surface area contributed by atoms with Crippen LogP contribution in [0.15, 0.2) is 22.8 Å². The lowest BCUT2D eigenvalue weighted by atomic mass is 10.0. The molecule has 3 amide bonds. The number of carbonyl (C=O) groups excluding carboxylic acids is 2. The molecule has 17 heavy (non-hydrogen) atoms. The van der Waals surface area contributed by atoms with E-state index in [1.165, 1.54) is 7.05 Å². The Labute approximate surface area is 104 Å². The van der Waals surface area contributed by atoms with Gasteiger partial charge in [-0.2, -0.15) is 0 Å². The van der Waals surface area contributed by atoms with Crippen LogP contribution in [0.5, 0.6) is 0 Å². The first kappa shape index (κ1) is 12.1. The van der Waals surface area contributed by atoms with E-state index in [0.29, 0.717) is 11.5 Å². The molecule has 1 N–H and O–H groups in total. The summed E-state index contributed by atoms with van der Waals surface area (Å²) in [5.74, 6) is -0.606. The van der Waals surface area contributed by atoms with Gasteiger partial charge in [0.1, 0.15) is 0 Å². The van der Waals surface area contributed by atoms with Gasteiger partial charge in [-0.15, -0.1) is 0 Å². The van der Waals surface area contributed by atoms with E-state index in [1.807, 2.05) is 13.0 Å². The first-order chi connectivity index (χ1) is 7.93. The molecule has 2 aliphatic rings. The fourth-order valence-electron chi connectivity index (χ4n) is 1.94. The second kappa shape index (κ2) is 4.16. The van der Waals surface area contributed by atoms with Crippen LogP contribution in [0, 0.1) is 0 Å². The SMILES string of the molecule is CC1=CCC(N2C(=O)N(C)C(=O)C2O)C=C1Cl. The highest BCUT2D eigenvalue weighted by Gasteiger charge is 2.45. The van der Waals surface area contributed by atoms with Gasteiger partial charge in [-0.3, -0.25) is 14.6 Å². The van der Waals surface area contributed by atoms with Crippen molar-refractivity contribution in [3.05, 3.63) is 22.8 Å². The van der Waals surface area contributed by atoms with Gasteiger partial charge in [0.2, 0.25) is 6.23 Å². The van der Waals surface area contributed by atoms with E-state index in [1.54, 1.807) is 6.08 Å². The monoisotopic (exact) mass is 256 g/mol. The summed E-state index contributed by atoms with van der Waals surface area (Å²) in [6, 6.07) is -0.872. The predicted octanol–water partition coefficient (Wildman–Crippen LogP) is 1.04. The largest absolute Gasteiger partial charge is 0.365 e. The summed E-state index contributed by atoms with van der Waals surface area (Å²) in [5, 5.41) is 10.3. The highest BCUT2D eigenvalue weighted by atomic mass is 35.5. The molecule has 1 fully saturated rings. The van der Waals surface area contributed by atoms with Crippen LogP contribution in [0.2, 0.25) is 0 Å². The number of amides is 3. The average molecular weight is 257 g/mol. The quantitative estimate of drug-likeness (QED) is 0.713. The molecule has 0 bridgehead atoms. The van der Waals surface area contributed by atoms with Gasteiger partial charge in [0.05, 0.1) is 6.04 Å². The van der Waals surface area contributed by atoms with Crippen LogP contribution in [0.4, 0.5) is 4.79 Å². The van der Waals surface area contributed by atoms with E-state index in [2.05, 4.69) is 0 Å². The zero-order chi connectivity index (χ0) is 12.7. The number of allylic oxidation sites excluding steroid dienone is 2. The third-order valence-electron chi connectivity index (χ3n) is 3.06. The Morgan fingerprint density at radius 2 is 2.12 bits per heavy atom. The van der Waals surface area contributed by atoms with Crippen LogP contribution in [-0.2, 0) is 4.79 Å². The van der Waals surface area contributed by atoms with Crippen LogP contribution in [0.25, 0.3) is 0 Å². The van der Waals surface area contributed by atoms with Gasteiger partial charge in [-0.1, -0.05) is 17.7 Å². The Balaban J connectivity index is 2.26. The summed E-state index contributed by atoms with van der Waals surface area (Å²) in [6.45, 7) is 1.87. The molecule has 6 heteroatoms. The van der Waals surface area contributed by atoms with Crippen molar-refractivity contribution in [3.63, 3.8) is 0 Å². The van der Waals surface area contributed by atoms with E-state index in [0.717, 1.165) is 15.4 Å². The van der Waals surface area contributed by atoms with Crippen molar-refractivity contribution in [2.24, 2.45) is 0 Å². The molecule has 1 saturated heterocycles. The lowest BCUT2D eigenvalue weighted by Gasteiger charge is -2.28. The maximum absolute atomic E-state index is 11.8. The fraction of sp³-hybridized carbons (Fsp3) is 0.455. The minimum Gasteiger partial charge on any atom is -0.365 e. The highest BCUT2D eigenvalue weighted by molar-refractivity contribution is 6.32. The molecule has 0 spiro atoms. The number of nitrogens with zero attached hydrogens (tertiary/aromatic N) is 2. The molecule has 0 aromatic heterocycles. The Bertz CT molecular complexity index is 444. The van der Waals surface area contributed by atoms with Gasteiger partial charge in [0.25, 0.3) is 5.91 Å². The lowest BCUT2D eigenvalue weighted by Crippen LogP contribution is -2.42. The number of aliphatic hydroxyl groups is 1. The molecule has 2 unspecified atom stereocenters. The third-order valence-corrected chi connectivity index (χ3v) is 3.49. The van der Waals surface area contributed by atoms with Crippen LogP contribution < -0.4 is 0 Å². The van der Waals surface area contributed by atoms with E-state index in [9.17, 15) is 14.7 Å². The number of aliphatic hydroxyl groups excluding tert-OH is 1. The van der Waals surface area contributed by atoms with E-state index in [-0.39, 0.29) is 6.04 Å². The Morgan fingerprint density at radius 1 is 1.47 bits per heavy atom. The van der Waals surface area contributed by atoms with Crippen LogP contribution in [0.1, 0.15) is 13.3 Å². The molecular formula is C11H13ClN2O3. The summed E-state index contributed by atoms with van der Waals surface area (Å²) >= 11 is 5.98. The molecule has 2 atom stereocenters. The summed E-state index contributed by atoms with van der Waals surface area (Å²) < 4.78 is 0. The summed E-state index contributed by atoms with van der Waals surface area (Å²) in [6.07, 6.45) is 2.71. The maximum Gasteiger partial charge on any atom is 0.329 e. The second-order valence-corrected chi connectivity index (χ2v) is 4.57. The molecule has 2 rings (SSSR count). The number of carbonyl (C=O) groups is 2. The second-order valence-electron chi connectivity index (χ2n) is 4.17. The van der Waals surface area contributed by atoms with Crippen molar-refractivity contribution in [2.45, 2.75) is 25.6 Å². The van der Waals surface area contributed by atoms with E-state index < -0.39 is 18.2 Å². The maximum atomic E-state index is 11.8. The van der Waals surface area contributed by atoms with Crippen molar-refractivity contribution >= 4 is 23.5 Å². The Kier molecular flexibility index (Phi) is 2.97. The number of likely N-dealkylation sites (N-methyl/N-ethyl adjacent to an activating group) is 1. The smallest absolute Gasteiger partial charge is 0.329 e. The van der Waals surface area contributed by atoms with Gasteiger partial charge < -0.3 is 5.11 Å². The van der Waals surface area contributed by atoms with Gasteiger partial charge in [-0.25, -0.2) is 4.79 Å². The minimum absolute atomic E-state index is 0.373. The predicted molar refractivity (Wildman–Crippen MR) is 62.1 cm³/mol. The van der Waals surface area contributed by atoms with Crippen molar-refractivity contribution in [1.29, 1.82) is 0 Å². The number of rotatable bonds is 1. The molecule has 0 aromatic carbocycles. The van der Waals surface area contributed by atoms with Crippen LogP contribution >= 0.6 is 11.6 Å². The average Bonchev–Trinajstić information content (AvgIpc) is 2.48. The van der Waals surface area contributed by atoms with Crippen molar-refractivity contribution < 1.29 is 14.7 Å². The molecule has 5 nitrogen and oxygen atoms in total. The number of imide groups is 1. The van der Waals surface area contributed by atoms with Gasteiger partial charge in [0, 0.05) is 12.1 Å². The molecule has 0 saturated carbocycles. The minimum atomic E-state index is -1.41. The standard InChI is InChI=1S/C11H13ClN2O3/c1-6-3-4-7(5-8(6)12)14-10(16)9(15)13(2)11(14)17/h3,5,7,10,16H,4H2,1-2H3. The first-order valence-electron chi connectivity index (χ1n) is 5.26. The highest BCUT2D eigenvalue weighted by Crippen LogP contribution is 2.28. The van der Waals surface area contributed by atoms with Crippen LogP contribution in [0.3, 0.4) is 0 Å². The molecule has 1 heterocycles. The molecule has 1 aliphatic carbocycles. The van der Waals surface area contributed by atoms with E-state index >= 15 is 0 Å². The molecular weight excluding hydrogens is 244 g/mol. The number of halogens is 1. The van der Waals surface area contributed by atoms with Crippen molar-refractivity contribution in [2.75, 3.05) is 7.05 Å². The van der Waals surface area contributed by atoms with Gasteiger partial charge in [-0.05, 0) is 25.0 Å². The Morgan fingerprint density at radius 3 is 2.59 bits per heavy atom. The zero-order valence-electron chi connectivity index (χ0n) is 9.55. The number of hydrogen-bond acceptors (Lipinski definition) is 3. The summed E-state index contributed by atoms with van der Waals surface area (Å²) in [4.78, 5) is 25.3. The molecule has 0 radical (unpaired) electrons. The van der Waals surface area contributed by atoms with Gasteiger partial charge >= 0.3 is 6.03 Å². The van der Waals surface area contributed by atoms with E-state index in [4.69, 9.17) is 11.6 Å². The normalized spacial score (nSPS) is 29.6. The first-order valence-corrected chi connectivity index (χ1v) is 5.63. The molecule has 0 aromatic rings. The topological polar surface area (TPSA) is 60.9 Å². The van der Waals surface area contributed by atoms with Crippen molar-refractivity contribution in [3.8, 4) is 0 Å². The summed E-state index contributed by atoms with van der Waals surface area (Å²) in [7, 11) is 1.35. The molecule has 1 aliphatic heterocycles. The molecule has 92 valence electrons.